The van der Waals surface area contributed by atoms with Crippen LogP contribution in [0, 0.1) is 5.82 Å². The summed E-state index contributed by atoms with van der Waals surface area (Å²) in [7, 11) is 0. The van der Waals surface area contributed by atoms with E-state index in [9.17, 15) is 14.0 Å². The van der Waals surface area contributed by atoms with Crippen molar-refractivity contribution < 1.29 is 14.0 Å². The number of thioether (sulfide) groups is 1. The van der Waals surface area contributed by atoms with Gasteiger partial charge in [0.15, 0.2) is 4.34 Å². The molecule has 132 valence electrons. The molecule has 2 aromatic rings. The molecule has 0 bridgehead atoms. The number of nitrogens with one attached hydrogen (secondary N) is 1. The van der Waals surface area contributed by atoms with Gasteiger partial charge in [-0.15, -0.1) is 10.2 Å². The number of halogens is 2. The first-order valence-electron chi connectivity index (χ1n) is 7.45. The number of aromatic nitrogens is 2. The second-order valence-corrected chi connectivity index (χ2v) is 8.02. The zero-order valence-electron chi connectivity index (χ0n) is 13.2. The number of hydrogen-bond acceptors (Lipinski definition) is 6. The fourth-order valence-corrected chi connectivity index (χ4v) is 4.11. The van der Waals surface area contributed by atoms with E-state index in [1.165, 1.54) is 42.2 Å². The maximum atomic E-state index is 13.0. The molecule has 1 fully saturated rings. The first kappa shape index (κ1) is 18.1. The lowest BCUT2D eigenvalue weighted by molar-refractivity contribution is -0.116. The topological polar surface area (TPSA) is 75.2 Å². The summed E-state index contributed by atoms with van der Waals surface area (Å²) in [6.45, 7) is 1.51. The molecule has 0 aliphatic heterocycles. The highest BCUT2D eigenvalue weighted by Gasteiger charge is 2.34. The second-order valence-electron chi connectivity index (χ2n) is 5.43. The quantitative estimate of drug-likeness (QED) is 0.592. The number of anilines is 2. The van der Waals surface area contributed by atoms with Crippen molar-refractivity contribution in [1.82, 2.24) is 10.2 Å². The maximum Gasteiger partial charge on any atom is 0.234 e. The normalized spacial score (nSPS) is 13.6. The highest BCUT2D eigenvalue weighted by atomic mass is 35.5. The molecular formula is C15H14ClFN4O2S2. The Kier molecular flexibility index (Phi) is 5.55. The fraction of sp³-hybridized carbons (Fsp3) is 0.333. The molecule has 3 rings (SSSR count). The molecule has 0 spiro atoms. The zero-order chi connectivity index (χ0) is 18.0. The third-order valence-corrected chi connectivity index (χ3v) is 5.75. The van der Waals surface area contributed by atoms with Gasteiger partial charge in [0, 0.05) is 13.0 Å². The number of carbonyl (C=O) groups excluding carboxylic acids is 2. The number of nitrogens with zero attached hydrogens (tertiary/aromatic N) is 3. The van der Waals surface area contributed by atoms with Crippen LogP contribution in [0.2, 0.25) is 5.02 Å². The SMILES string of the molecule is CC(=O)N(c1nnc(SCC(=O)Nc2ccc(F)cc2Cl)s1)C1CC1. The van der Waals surface area contributed by atoms with E-state index in [1.807, 2.05) is 0 Å². The van der Waals surface area contributed by atoms with E-state index in [2.05, 4.69) is 15.5 Å². The zero-order valence-corrected chi connectivity index (χ0v) is 15.6. The summed E-state index contributed by atoms with van der Waals surface area (Å²) in [4.78, 5) is 25.4. The Morgan fingerprint density at radius 3 is 2.84 bits per heavy atom. The van der Waals surface area contributed by atoms with Gasteiger partial charge in [-0.1, -0.05) is 34.7 Å². The first-order chi connectivity index (χ1) is 11.9. The van der Waals surface area contributed by atoms with Crippen molar-refractivity contribution in [2.45, 2.75) is 30.1 Å². The van der Waals surface area contributed by atoms with Gasteiger partial charge in [-0.2, -0.15) is 0 Å². The fourth-order valence-electron chi connectivity index (χ4n) is 2.14. The van der Waals surface area contributed by atoms with Crippen LogP contribution in [-0.4, -0.2) is 33.8 Å². The number of amides is 2. The van der Waals surface area contributed by atoms with E-state index >= 15 is 0 Å². The van der Waals surface area contributed by atoms with Gasteiger partial charge in [0.05, 0.1) is 16.5 Å². The highest BCUT2D eigenvalue weighted by molar-refractivity contribution is 8.01. The molecule has 1 aromatic heterocycles. The molecule has 1 N–H and O–H groups in total. The molecule has 0 saturated heterocycles. The smallest absolute Gasteiger partial charge is 0.234 e. The molecule has 1 aromatic carbocycles. The Bertz CT molecular complexity index is 813. The number of carbonyl (C=O) groups is 2. The third kappa shape index (κ3) is 4.68. The number of hydrogen-bond donors (Lipinski definition) is 1. The van der Waals surface area contributed by atoms with E-state index < -0.39 is 5.82 Å². The largest absolute Gasteiger partial charge is 0.324 e. The van der Waals surface area contributed by atoms with Crippen LogP contribution in [0.4, 0.5) is 15.2 Å². The van der Waals surface area contributed by atoms with Crippen molar-refractivity contribution in [1.29, 1.82) is 0 Å². The lowest BCUT2D eigenvalue weighted by Gasteiger charge is -2.15. The van der Waals surface area contributed by atoms with E-state index in [1.54, 1.807) is 4.90 Å². The Labute approximate surface area is 156 Å². The lowest BCUT2D eigenvalue weighted by Crippen LogP contribution is -2.30. The van der Waals surface area contributed by atoms with Crippen LogP contribution in [0.1, 0.15) is 19.8 Å². The predicted molar refractivity (Wildman–Crippen MR) is 96.9 cm³/mol. The molecule has 0 radical (unpaired) electrons. The minimum absolute atomic E-state index is 0.0566. The van der Waals surface area contributed by atoms with Crippen LogP contribution >= 0.6 is 34.7 Å². The molecule has 0 unspecified atom stereocenters. The summed E-state index contributed by atoms with van der Waals surface area (Å²) in [6, 6.07) is 3.98. The number of benzene rings is 1. The van der Waals surface area contributed by atoms with Crippen LogP contribution in [0.5, 0.6) is 0 Å². The average Bonchev–Trinajstić information content (AvgIpc) is 3.26. The molecule has 0 atom stereocenters. The van der Waals surface area contributed by atoms with E-state index in [-0.39, 0.29) is 28.6 Å². The first-order valence-corrected chi connectivity index (χ1v) is 9.63. The van der Waals surface area contributed by atoms with Crippen LogP contribution in [0.25, 0.3) is 0 Å². The second kappa shape index (κ2) is 7.67. The standard InChI is InChI=1S/C15H14ClFN4O2S2/c1-8(22)21(10-3-4-10)14-19-20-15(25-14)24-7-13(23)18-12-5-2-9(17)6-11(12)16/h2,5-6,10H,3-4,7H2,1H3,(H,18,23). The van der Waals surface area contributed by atoms with Gasteiger partial charge >= 0.3 is 0 Å². The summed E-state index contributed by atoms with van der Waals surface area (Å²) in [5, 5.41) is 11.4. The molecular weight excluding hydrogens is 387 g/mol. The predicted octanol–water partition coefficient (Wildman–Crippen LogP) is 3.58. The van der Waals surface area contributed by atoms with Gasteiger partial charge in [-0.3, -0.25) is 14.5 Å². The molecule has 25 heavy (non-hydrogen) atoms. The van der Waals surface area contributed by atoms with Gasteiger partial charge in [0.25, 0.3) is 0 Å². The Hall–Kier alpha value is -1.71. The van der Waals surface area contributed by atoms with Crippen molar-refractivity contribution >= 4 is 57.3 Å². The molecule has 1 saturated carbocycles. The molecule has 1 heterocycles. The van der Waals surface area contributed by atoms with Crippen LogP contribution in [0.3, 0.4) is 0 Å². The van der Waals surface area contributed by atoms with Gasteiger partial charge < -0.3 is 5.32 Å². The van der Waals surface area contributed by atoms with Gasteiger partial charge in [-0.25, -0.2) is 4.39 Å². The number of rotatable bonds is 6. The summed E-state index contributed by atoms with van der Waals surface area (Å²) in [5.74, 6) is -0.713. The Morgan fingerprint density at radius 2 is 2.20 bits per heavy atom. The minimum Gasteiger partial charge on any atom is -0.324 e. The summed E-state index contributed by atoms with van der Waals surface area (Å²) >= 11 is 8.37. The summed E-state index contributed by atoms with van der Waals surface area (Å²) in [6.07, 6.45) is 1.95. The highest BCUT2D eigenvalue weighted by Crippen LogP contribution is 2.35. The molecule has 6 nitrogen and oxygen atoms in total. The van der Waals surface area contributed by atoms with Crippen LogP contribution in [-0.2, 0) is 9.59 Å². The molecule has 2 amide bonds. The maximum absolute atomic E-state index is 13.0. The Morgan fingerprint density at radius 1 is 1.44 bits per heavy atom. The van der Waals surface area contributed by atoms with Crippen molar-refractivity contribution in [2.75, 3.05) is 16.0 Å². The molecule has 10 heteroatoms. The van der Waals surface area contributed by atoms with Crippen molar-refractivity contribution in [2.24, 2.45) is 0 Å². The monoisotopic (exact) mass is 400 g/mol. The van der Waals surface area contributed by atoms with E-state index in [0.717, 1.165) is 18.9 Å². The van der Waals surface area contributed by atoms with Crippen molar-refractivity contribution in [3.05, 3.63) is 29.0 Å². The average molecular weight is 401 g/mol. The van der Waals surface area contributed by atoms with Crippen molar-refractivity contribution in [3.63, 3.8) is 0 Å². The molecule has 1 aliphatic carbocycles. The molecule has 1 aliphatic rings. The van der Waals surface area contributed by atoms with Gasteiger partial charge in [0.1, 0.15) is 5.82 Å². The van der Waals surface area contributed by atoms with Gasteiger partial charge in [0.2, 0.25) is 16.9 Å². The van der Waals surface area contributed by atoms with E-state index in [0.29, 0.717) is 15.2 Å². The van der Waals surface area contributed by atoms with E-state index in [4.69, 9.17) is 11.6 Å². The third-order valence-electron chi connectivity index (χ3n) is 3.39. The van der Waals surface area contributed by atoms with Crippen LogP contribution in [0.15, 0.2) is 22.5 Å². The summed E-state index contributed by atoms with van der Waals surface area (Å²) < 4.78 is 13.6. The van der Waals surface area contributed by atoms with Gasteiger partial charge in [-0.05, 0) is 31.0 Å². The van der Waals surface area contributed by atoms with Crippen LogP contribution < -0.4 is 10.2 Å². The summed E-state index contributed by atoms with van der Waals surface area (Å²) in [5.41, 5.74) is 0.350. The lowest BCUT2D eigenvalue weighted by atomic mass is 10.3. The van der Waals surface area contributed by atoms with Crippen molar-refractivity contribution in [3.8, 4) is 0 Å². The minimum atomic E-state index is -0.468. The Balaban J connectivity index is 1.56.